The van der Waals surface area contributed by atoms with E-state index >= 15 is 0 Å². The summed E-state index contributed by atoms with van der Waals surface area (Å²) in [4.78, 5) is 16.3. The number of amides is 1. The molecule has 0 saturated carbocycles. The number of carbonyl (C=O) groups is 1. The molecule has 1 amide bonds. The third-order valence-corrected chi connectivity index (χ3v) is 6.21. The highest BCUT2D eigenvalue weighted by Crippen LogP contribution is 2.26. The number of halogens is 1. The largest absolute Gasteiger partial charge is 0.345 e. The minimum absolute atomic E-state index is 0.0465. The maximum atomic E-state index is 12.3. The van der Waals surface area contributed by atoms with E-state index in [0.717, 1.165) is 52.9 Å². The Morgan fingerprint density at radius 1 is 1.33 bits per heavy atom. The molecular formula is C24H29BrN4O. The van der Waals surface area contributed by atoms with Gasteiger partial charge in [-0.3, -0.25) is 14.7 Å². The molecular weight excluding hydrogens is 440 g/mol. The molecule has 0 atom stereocenters. The number of hydrazone groups is 1. The summed E-state index contributed by atoms with van der Waals surface area (Å²) in [6.07, 6.45) is 9.04. The van der Waals surface area contributed by atoms with Gasteiger partial charge in [-0.2, -0.15) is 5.10 Å². The lowest BCUT2D eigenvalue weighted by Crippen LogP contribution is -2.33. The number of carbonyl (C=O) groups excluding carboxylic acids is 1. The smallest absolute Gasteiger partial charge is 0.253 e. The van der Waals surface area contributed by atoms with Gasteiger partial charge in [0, 0.05) is 57.0 Å². The van der Waals surface area contributed by atoms with Gasteiger partial charge in [0.2, 0.25) is 0 Å². The van der Waals surface area contributed by atoms with E-state index in [2.05, 4.69) is 56.8 Å². The van der Waals surface area contributed by atoms with Crippen LogP contribution in [0.1, 0.15) is 27.9 Å². The third-order valence-electron chi connectivity index (χ3n) is 5.44. The average molecular weight is 469 g/mol. The Morgan fingerprint density at radius 3 is 2.73 bits per heavy atom. The van der Waals surface area contributed by atoms with Crippen molar-refractivity contribution in [1.82, 2.24) is 14.8 Å². The van der Waals surface area contributed by atoms with Crippen molar-refractivity contribution in [3.63, 3.8) is 0 Å². The normalized spacial score (nSPS) is 22.2. The van der Waals surface area contributed by atoms with Gasteiger partial charge in [-0.1, -0.05) is 40.7 Å². The van der Waals surface area contributed by atoms with Crippen LogP contribution in [0.15, 0.2) is 63.9 Å². The Kier molecular flexibility index (Phi) is 7.10. The van der Waals surface area contributed by atoms with Crippen LogP contribution in [-0.4, -0.2) is 67.7 Å². The fourth-order valence-electron chi connectivity index (χ4n) is 3.58. The molecule has 0 aliphatic carbocycles. The molecule has 3 rings (SSSR count). The van der Waals surface area contributed by atoms with E-state index in [-0.39, 0.29) is 5.91 Å². The molecule has 0 saturated heterocycles. The standard InChI is InChI=1S/C24H29BrN4O/c1-17-14-20(6-7-22(17)24(30)27(3)4)19-9-12-29(13-10-19)16-21-15-18(2)23(25)8-11-26-28(21)5/h6-9,11,14-15H,2,10,12-13,16H2,1,3-5H3/b21-15-,23-8+,26-11-. The van der Waals surface area contributed by atoms with Crippen LogP contribution in [0.3, 0.4) is 0 Å². The van der Waals surface area contributed by atoms with Crippen LogP contribution < -0.4 is 0 Å². The van der Waals surface area contributed by atoms with Crippen molar-refractivity contribution in [3.8, 4) is 0 Å². The molecule has 6 heteroatoms. The van der Waals surface area contributed by atoms with Crippen molar-refractivity contribution in [2.24, 2.45) is 5.10 Å². The second kappa shape index (κ2) is 9.58. The van der Waals surface area contributed by atoms with Gasteiger partial charge in [0.25, 0.3) is 5.91 Å². The van der Waals surface area contributed by atoms with Crippen LogP contribution in [0.5, 0.6) is 0 Å². The molecule has 0 aromatic heterocycles. The Morgan fingerprint density at radius 2 is 2.10 bits per heavy atom. The van der Waals surface area contributed by atoms with Crippen LogP contribution >= 0.6 is 15.9 Å². The third kappa shape index (κ3) is 5.18. The fraction of sp³-hybridized carbons (Fsp3) is 0.333. The summed E-state index contributed by atoms with van der Waals surface area (Å²) >= 11 is 3.53. The van der Waals surface area contributed by atoms with Crippen LogP contribution in [0, 0.1) is 6.92 Å². The molecule has 2 heterocycles. The molecule has 0 unspecified atom stereocenters. The molecule has 2 aliphatic rings. The molecule has 30 heavy (non-hydrogen) atoms. The molecule has 0 N–H and O–H groups in total. The Hall–Kier alpha value is -2.44. The summed E-state index contributed by atoms with van der Waals surface area (Å²) in [5.41, 5.74) is 6.38. The molecule has 0 spiro atoms. The van der Waals surface area contributed by atoms with Crippen molar-refractivity contribution in [2.45, 2.75) is 13.3 Å². The minimum atomic E-state index is 0.0465. The van der Waals surface area contributed by atoms with E-state index < -0.39 is 0 Å². The second-order valence-electron chi connectivity index (χ2n) is 7.91. The van der Waals surface area contributed by atoms with Gasteiger partial charge in [-0.25, -0.2) is 0 Å². The van der Waals surface area contributed by atoms with Crippen LogP contribution in [0.25, 0.3) is 5.57 Å². The Labute approximate surface area is 187 Å². The molecule has 158 valence electrons. The maximum absolute atomic E-state index is 12.3. The van der Waals surface area contributed by atoms with Crippen LogP contribution in [0.4, 0.5) is 0 Å². The van der Waals surface area contributed by atoms with E-state index in [1.807, 2.05) is 31.1 Å². The summed E-state index contributed by atoms with van der Waals surface area (Å²) < 4.78 is 0.948. The summed E-state index contributed by atoms with van der Waals surface area (Å²) in [7, 11) is 5.53. The first-order valence-electron chi connectivity index (χ1n) is 10.0. The lowest BCUT2D eigenvalue weighted by atomic mass is 9.95. The zero-order valence-electron chi connectivity index (χ0n) is 18.2. The van der Waals surface area contributed by atoms with Crippen molar-refractivity contribution in [2.75, 3.05) is 40.8 Å². The van der Waals surface area contributed by atoms with Gasteiger partial charge in [0.05, 0.1) is 5.70 Å². The highest BCUT2D eigenvalue weighted by molar-refractivity contribution is 9.12. The quantitative estimate of drug-likeness (QED) is 0.655. The van der Waals surface area contributed by atoms with E-state index in [1.54, 1.807) is 25.2 Å². The fourth-order valence-corrected chi connectivity index (χ4v) is 3.81. The monoisotopic (exact) mass is 468 g/mol. The zero-order valence-corrected chi connectivity index (χ0v) is 19.7. The highest BCUT2D eigenvalue weighted by Gasteiger charge is 2.18. The SMILES string of the molecule is C=C1/C=C(/CN2CC=C(c3ccc(C(=O)N(C)C)c(C)c3)CC2)N(C)/N=C\C=C/1Br. The van der Waals surface area contributed by atoms with Crippen LogP contribution in [-0.2, 0) is 0 Å². The van der Waals surface area contributed by atoms with Gasteiger partial charge < -0.3 is 4.90 Å². The van der Waals surface area contributed by atoms with E-state index in [4.69, 9.17) is 0 Å². The molecule has 1 aromatic rings. The first-order valence-corrected chi connectivity index (χ1v) is 10.8. The molecule has 0 fully saturated rings. The summed E-state index contributed by atoms with van der Waals surface area (Å²) in [5.74, 6) is 0.0465. The van der Waals surface area contributed by atoms with Crippen molar-refractivity contribution in [1.29, 1.82) is 0 Å². The van der Waals surface area contributed by atoms with Gasteiger partial charge in [0.15, 0.2) is 0 Å². The maximum Gasteiger partial charge on any atom is 0.253 e. The van der Waals surface area contributed by atoms with Crippen molar-refractivity contribution in [3.05, 3.63) is 75.4 Å². The lowest BCUT2D eigenvalue weighted by molar-refractivity contribution is 0.0827. The number of allylic oxidation sites excluding steroid dienone is 4. The Balaban J connectivity index is 1.70. The topological polar surface area (TPSA) is 39.2 Å². The lowest BCUT2D eigenvalue weighted by Gasteiger charge is -2.30. The van der Waals surface area contributed by atoms with E-state index in [9.17, 15) is 4.79 Å². The predicted octanol–water partition coefficient (Wildman–Crippen LogP) is 4.44. The number of hydrogen-bond donors (Lipinski definition) is 0. The van der Waals surface area contributed by atoms with Gasteiger partial charge in [-0.05, 0) is 53.8 Å². The number of aryl methyl sites for hydroxylation is 1. The number of hydrogen-bond acceptors (Lipinski definition) is 4. The van der Waals surface area contributed by atoms with Crippen molar-refractivity contribution >= 4 is 33.6 Å². The first-order chi connectivity index (χ1) is 14.3. The number of benzene rings is 1. The average Bonchev–Trinajstić information content (AvgIpc) is 2.72. The molecule has 0 radical (unpaired) electrons. The van der Waals surface area contributed by atoms with Gasteiger partial charge in [-0.15, -0.1) is 0 Å². The van der Waals surface area contributed by atoms with Gasteiger partial charge in [0.1, 0.15) is 0 Å². The molecule has 1 aromatic carbocycles. The predicted molar refractivity (Wildman–Crippen MR) is 129 cm³/mol. The van der Waals surface area contributed by atoms with E-state index in [1.165, 1.54) is 11.1 Å². The first kappa shape index (κ1) is 22.2. The van der Waals surface area contributed by atoms with E-state index in [0.29, 0.717) is 0 Å². The summed E-state index contributed by atoms with van der Waals surface area (Å²) in [6, 6.07) is 6.15. The van der Waals surface area contributed by atoms with Crippen LogP contribution in [0.2, 0.25) is 0 Å². The Bertz CT molecular complexity index is 971. The van der Waals surface area contributed by atoms with Crippen molar-refractivity contribution < 1.29 is 4.79 Å². The van der Waals surface area contributed by atoms with Gasteiger partial charge >= 0.3 is 0 Å². The highest BCUT2D eigenvalue weighted by atomic mass is 79.9. The number of likely N-dealkylation sites (N-methyl/N-ethyl adjacent to an activating group) is 1. The summed E-state index contributed by atoms with van der Waals surface area (Å²) in [6.45, 7) is 8.80. The molecule has 5 nitrogen and oxygen atoms in total. The number of nitrogens with zero attached hydrogens (tertiary/aromatic N) is 4. The summed E-state index contributed by atoms with van der Waals surface area (Å²) in [5, 5.41) is 6.35. The zero-order chi connectivity index (χ0) is 21.8. The molecule has 2 aliphatic heterocycles. The second-order valence-corrected chi connectivity index (χ2v) is 8.76. The minimum Gasteiger partial charge on any atom is -0.345 e. The molecule has 0 bridgehead atoms. The number of rotatable bonds is 4.